The maximum atomic E-state index is 13.8. The summed E-state index contributed by atoms with van der Waals surface area (Å²) in [6, 6.07) is 8.92. The Morgan fingerprint density at radius 3 is 2.79 bits per heavy atom. The van der Waals surface area contributed by atoms with Crippen LogP contribution < -0.4 is 20.3 Å². The van der Waals surface area contributed by atoms with Gasteiger partial charge in [-0.05, 0) is 36.8 Å². The number of hydrogen-bond acceptors (Lipinski definition) is 3. The lowest BCUT2D eigenvalue weighted by atomic mass is 10.2. The Hall–Kier alpha value is -3.09. The van der Waals surface area contributed by atoms with Crippen molar-refractivity contribution >= 4 is 29.0 Å². The molecule has 3 amide bonds. The van der Waals surface area contributed by atoms with E-state index in [-0.39, 0.29) is 18.2 Å². The molecule has 0 radical (unpaired) electrons. The highest BCUT2D eigenvalue weighted by molar-refractivity contribution is 6.02. The van der Waals surface area contributed by atoms with Gasteiger partial charge in [-0.15, -0.1) is 0 Å². The summed E-state index contributed by atoms with van der Waals surface area (Å²) in [5, 5.41) is 5.11. The van der Waals surface area contributed by atoms with Gasteiger partial charge in [-0.25, -0.2) is 9.18 Å². The van der Waals surface area contributed by atoms with Crippen LogP contribution >= 0.6 is 0 Å². The van der Waals surface area contributed by atoms with Crippen LogP contribution in [0.25, 0.3) is 0 Å². The molecule has 0 unspecified atom stereocenters. The molecule has 0 aliphatic carbocycles. The van der Waals surface area contributed by atoms with Crippen molar-refractivity contribution in [2.75, 3.05) is 29.2 Å². The minimum absolute atomic E-state index is 0.0106. The van der Waals surface area contributed by atoms with Gasteiger partial charge in [0.05, 0.1) is 11.4 Å². The van der Waals surface area contributed by atoms with Gasteiger partial charge >= 0.3 is 6.03 Å². The molecule has 1 aliphatic rings. The highest BCUT2D eigenvalue weighted by atomic mass is 19.1. The Morgan fingerprint density at radius 1 is 1.25 bits per heavy atom. The first kappa shape index (κ1) is 15.8. The van der Waals surface area contributed by atoms with Crippen LogP contribution in [0.4, 0.5) is 26.2 Å². The third-order valence-corrected chi connectivity index (χ3v) is 3.76. The van der Waals surface area contributed by atoms with Crippen molar-refractivity contribution in [2.45, 2.75) is 6.92 Å². The third-order valence-electron chi connectivity index (χ3n) is 3.76. The average molecular weight is 329 g/mol. The van der Waals surface area contributed by atoms with Crippen LogP contribution in [-0.2, 0) is 4.79 Å². The third kappa shape index (κ3) is 3.01. The van der Waals surface area contributed by atoms with Gasteiger partial charge in [-0.1, -0.05) is 12.1 Å². The molecule has 1 aliphatic heterocycles. The van der Waals surface area contributed by atoms with Gasteiger partial charge in [0.15, 0.2) is 6.61 Å². The summed E-state index contributed by atoms with van der Waals surface area (Å²) in [5.74, 6) is -0.117. The highest BCUT2D eigenvalue weighted by Gasteiger charge is 2.22. The monoisotopic (exact) mass is 329 g/mol. The SMILES string of the molecule is Cc1cccc(F)c1NC(=O)Nc1ccc2c(c1)N(C)C(=O)CO2. The topological polar surface area (TPSA) is 70.7 Å². The lowest BCUT2D eigenvalue weighted by Crippen LogP contribution is -2.35. The van der Waals surface area contributed by atoms with Crippen LogP contribution in [0.5, 0.6) is 5.75 Å². The fourth-order valence-electron chi connectivity index (χ4n) is 2.42. The number of benzene rings is 2. The van der Waals surface area contributed by atoms with Crippen LogP contribution in [0.15, 0.2) is 36.4 Å². The summed E-state index contributed by atoms with van der Waals surface area (Å²) in [7, 11) is 1.64. The Morgan fingerprint density at radius 2 is 2.04 bits per heavy atom. The molecule has 0 atom stereocenters. The molecule has 124 valence electrons. The first-order valence-electron chi connectivity index (χ1n) is 7.32. The molecule has 0 saturated heterocycles. The molecule has 1 heterocycles. The molecular weight excluding hydrogens is 313 g/mol. The van der Waals surface area contributed by atoms with Crippen molar-refractivity contribution in [3.05, 3.63) is 47.8 Å². The zero-order valence-corrected chi connectivity index (χ0v) is 13.2. The molecule has 24 heavy (non-hydrogen) atoms. The highest BCUT2D eigenvalue weighted by Crippen LogP contribution is 2.33. The van der Waals surface area contributed by atoms with Gasteiger partial charge in [0.25, 0.3) is 5.91 Å². The fraction of sp³-hybridized carbons (Fsp3) is 0.176. The Labute approximate surface area is 138 Å². The number of aryl methyl sites for hydroxylation is 1. The van der Waals surface area contributed by atoms with Crippen LogP contribution in [-0.4, -0.2) is 25.6 Å². The van der Waals surface area contributed by atoms with E-state index in [1.165, 1.54) is 11.0 Å². The maximum Gasteiger partial charge on any atom is 0.323 e. The van der Waals surface area contributed by atoms with Gasteiger partial charge in [0.2, 0.25) is 0 Å². The number of nitrogens with one attached hydrogen (secondary N) is 2. The molecule has 0 saturated carbocycles. The van der Waals surface area contributed by atoms with Crippen molar-refractivity contribution in [1.29, 1.82) is 0 Å². The molecule has 0 fully saturated rings. The second-order valence-corrected chi connectivity index (χ2v) is 5.43. The quantitative estimate of drug-likeness (QED) is 0.889. The van der Waals surface area contributed by atoms with Crippen molar-refractivity contribution in [2.24, 2.45) is 0 Å². The standard InChI is InChI=1S/C17H16FN3O3/c1-10-4-3-5-12(18)16(10)20-17(23)19-11-6-7-14-13(8-11)21(2)15(22)9-24-14/h3-8H,9H2,1-2H3,(H2,19,20,23). The van der Waals surface area contributed by atoms with E-state index in [4.69, 9.17) is 4.74 Å². The molecule has 2 aromatic rings. The summed E-state index contributed by atoms with van der Waals surface area (Å²) >= 11 is 0. The summed E-state index contributed by atoms with van der Waals surface area (Å²) in [6.07, 6.45) is 0. The largest absolute Gasteiger partial charge is 0.482 e. The summed E-state index contributed by atoms with van der Waals surface area (Å²) in [6.45, 7) is 1.69. The van der Waals surface area contributed by atoms with E-state index in [0.717, 1.165) is 0 Å². The molecule has 2 aromatic carbocycles. The Kier molecular flexibility index (Phi) is 4.07. The Bertz CT molecular complexity index is 802. The zero-order chi connectivity index (χ0) is 17.3. The number of ether oxygens (including phenoxy) is 1. The minimum atomic E-state index is -0.575. The zero-order valence-electron chi connectivity index (χ0n) is 13.2. The number of para-hydroxylation sites is 1. The normalized spacial score (nSPS) is 13.1. The molecule has 0 aromatic heterocycles. The smallest absolute Gasteiger partial charge is 0.323 e. The van der Waals surface area contributed by atoms with E-state index in [1.54, 1.807) is 44.3 Å². The first-order chi connectivity index (χ1) is 11.5. The predicted molar refractivity (Wildman–Crippen MR) is 89.1 cm³/mol. The summed E-state index contributed by atoms with van der Waals surface area (Å²) in [4.78, 5) is 25.2. The average Bonchev–Trinajstić information content (AvgIpc) is 2.55. The van der Waals surface area contributed by atoms with Gasteiger partial charge in [0.1, 0.15) is 11.6 Å². The van der Waals surface area contributed by atoms with E-state index in [0.29, 0.717) is 22.7 Å². The van der Waals surface area contributed by atoms with Crippen LogP contribution in [0, 0.1) is 12.7 Å². The number of carbonyl (C=O) groups excluding carboxylic acids is 2. The number of nitrogens with zero attached hydrogens (tertiary/aromatic N) is 1. The number of likely N-dealkylation sites (N-methyl/N-ethyl adjacent to an activating group) is 1. The number of urea groups is 1. The van der Waals surface area contributed by atoms with E-state index < -0.39 is 11.8 Å². The fourth-order valence-corrected chi connectivity index (χ4v) is 2.42. The molecule has 3 rings (SSSR count). The molecule has 6 nitrogen and oxygen atoms in total. The predicted octanol–water partition coefficient (Wildman–Crippen LogP) is 3.13. The summed E-state index contributed by atoms with van der Waals surface area (Å²) in [5.41, 5.74) is 1.77. The van der Waals surface area contributed by atoms with Crippen LogP contribution in [0.1, 0.15) is 5.56 Å². The lowest BCUT2D eigenvalue weighted by molar-refractivity contribution is -0.120. The maximum absolute atomic E-state index is 13.8. The number of anilines is 3. The van der Waals surface area contributed by atoms with Gasteiger partial charge in [0, 0.05) is 12.7 Å². The van der Waals surface area contributed by atoms with E-state index >= 15 is 0 Å². The van der Waals surface area contributed by atoms with Gasteiger partial charge in [-0.3, -0.25) is 4.79 Å². The number of hydrogen-bond donors (Lipinski definition) is 2. The number of amides is 3. The minimum Gasteiger partial charge on any atom is -0.482 e. The number of carbonyl (C=O) groups is 2. The molecule has 2 N–H and O–H groups in total. The van der Waals surface area contributed by atoms with Crippen LogP contribution in [0.2, 0.25) is 0 Å². The molecule has 7 heteroatoms. The van der Waals surface area contributed by atoms with Crippen molar-refractivity contribution < 1.29 is 18.7 Å². The van der Waals surface area contributed by atoms with E-state index in [2.05, 4.69) is 10.6 Å². The van der Waals surface area contributed by atoms with E-state index in [1.807, 2.05) is 0 Å². The molecule has 0 spiro atoms. The molecule has 0 bridgehead atoms. The van der Waals surface area contributed by atoms with Crippen molar-refractivity contribution in [1.82, 2.24) is 0 Å². The van der Waals surface area contributed by atoms with Crippen molar-refractivity contribution in [3.63, 3.8) is 0 Å². The second-order valence-electron chi connectivity index (χ2n) is 5.43. The van der Waals surface area contributed by atoms with Gasteiger partial charge < -0.3 is 20.3 Å². The first-order valence-corrected chi connectivity index (χ1v) is 7.32. The lowest BCUT2D eigenvalue weighted by Gasteiger charge is -2.26. The number of halogens is 1. The van der Waals surface area contributed by atoms with Crippen molar-refractivity contribution in [3.8, 4) is 5.75 Å². The number of fused-ring (bicyclic) bond motifs is 1. The second kappa shape index (κ2) is 6.19. The van der Waals surface area contributed by atoms with Gasteiger partial charge in [-0.2, -0.15) is 0 Å². The van der Waals surface area contributed by atoms with E-state index in [9.17, 15) is 14.0 Å². The van der Waals surface area contributed by atoms with Crippen LogP contribution in [0.3, 0.4) is 0 Å². The molecular formula is C17H16FN3O3. The summed E-state index contributed by atoms with van der Waals surface area (Å²) < 4.78 is 19.1. The number of rotatable bonds is 2. The Balaban J connectivity index is 1.77.